The van der Waals surface area contributed by atoms with Gasteiger partial charge in [-0.05, 0) is 74.6 Å². The molecule has 1 fully saturated rings. The second-order valence-corrected chi connectivity index (χ2v) is 12.4. The molecule has 2 heterocycles. The van der Waals surface area contributed by atoms with Crippen LogP contribution in [0.5, 0.6) is 0 Å². The second kappa shape index (κ2) is 10.3. The van der Waals surface area contributed by atoms with Gasteiger partial charge in [0.25, 0.3) is 0 Å². The largest absolute Gasteiger partial charge is 0.303 e. The molecule has 0 aromatic heterocycles. The van der Waals surface area contributed by atoms with Gasteiger partial charge in [-0.25, -0.2) is 8.42 Å². The van der Waals surface area contributed by atoms with Crippen LogP contribution in [-0.4, -0.2) is 57.2 Å². The lowest BCUT2D eigenvalue weighted by atomic mass is 9.74. The summed E-state index contributed by atoms with van der Waals surface area (Å²) in [6, 6.07) is 29.2. The minimum absolute atomic E-state index is 0.194. The van der Waals surface area contributed by atoms with E-state index in [1.165, 1.54) is 11.1 Å². The van der Waals surface area contributed by atoms with Crippen LogP contribution < -0.4 is 0 Å². The number of likely N-dealkylation sites (tertiary alicyclic amines) is 1. The van der Waals surface area contributed by atoms with Crippen LogP contribution >= 0.6 is 0 Å². The summed E-state index contributed by atoms with van der Waals surface area (Å²) in [5.74, 6) is 0.748. The Morgan fingerprint density at radius 1 is 0.886 bits per heavy atom. The van der Waals surface area contributed by atoms with Crippen molar-refractivity contribution in [1.29, 1.82) is 0 Å². The third-order valence-corrected chi connectivity index (χ3v) is 9.92. The van der Waals surface area contributed by atoms with Gasteiger partial charge in [0.15, 0.2) is 9.84 Å². The zero-order valence-electron chi connectivity index (χ0n) is 20.6. The first-order valence-corrected chi connectivity index (χ1v) is 14.4. The van der Waals surface area contributed by atoms with Gasteiger partial charge >= 0.3 is 0 Å². The zero-order chi connectivity index (χ0) is 24.3. The van der Waals surface area contributed by atoms with E-state index in [1.54, 1.807) is 6.07 Å². The average molecular weight is 489 g/mol. The summed E-state index contributed by atoms with van der Waals surface area (Å²) in [6.07, 6.45) is 2.95. The van der Waals surface area contributed by atoms with Gasteiger partial charge in [-0.15, -0.1) is 0 Å². The fourth-order valence-corrected chi connectivity index (χ4v) is 8.31. The Balaban J connectivity index is 1.22. The fourth-order valence-electron chi connectivity index (χ4n) is 6.08. The lowest BCUT2D eigenvalue weighted by Crippen LogP contribution is -2.44. The van der Waals surface area contributed by atoms with Gasteiger partial charge in [0.2, 0.25) is 0 Å². The standard InChI is InChI=1S/C30H36N2O2S/c1-31(22-25-10-4-2-5-11-25)23-27(26-12-6-3-7-13-26)16-19-32-20-17-30(18-21-32)24-35(33,34)29-15-9-8-14-28(29)30/h2-15,27H,16-24H2,1H3. The molecule has 0 N–H and O–H groups in total. The first kappa shape index (κ1) is 24.2. The number of benzene rings is 3. The van der Waals surface area contributed by atoms with Crippen molar-refractivity contribution in [2.75, 3.05) is 39.0 Å². The lowest BCUT2D eigenvalue weighted by Gasteiger charge is -2.40. The van der Waals surface area contributed by atoms with Crippen LogP contribution in [0.4, 0.5) is 0 Å². The second-order valence-electron chi connectivity index (χ2n) is 10.5. The van der Waals surface area contributed by atoms with Crippen LogP contribution in [0.2, 0.25) is 0 Å². The summed E-state index contributed by atoms with van der Waals surface area (Å²) in [5, 5.41) is 0. The molecule has 1 spiro atoms. The van der Waals surface area contributed by atoms with Crippen LogP contribution in [0.3, 0.4) is 0 Å². The topological polar surface area (TPSA) is 40.6 Å². The monoisotopic (exact) mass is 488 g/mol. The molecule has 5 heteroatoms. The first-order valence-electron chi connectivity index (χ1n) is 12.8. The van der Waals surface area contributed by atoms with Crippen molar-refractivity contribution in [2.24, 2.45) is 0 Å². The Hall–Kier alpha value is -2.47. The molecule has 0 aliphatic carbocycles. The number of hydrogen-bond acceptors (Lipinski definition) is 4. The third kappa shape index (κ3) is 5.37. The molecule has 2 aliphatic heterocycles. The molecule has 2 aliphatic rings. The average Bonchev–Trinajstić information content (AvgIpc) is 3.10. The number of likely N-dealkylation sites (N-methyl/N-ethyl adjacent to an activating group) is 1. The van der Waals surface area contributed by atoms with E-state index in [4.69, 9.17) is 0 Å². The maximum Gasteiger partial charge on any atom is 0.179 e. The molecular weight excluding hydrogens is 452 g/mol. The molecule has 0 saturated carbocycles. The minimum atomic E-state index is -3.16. The maximum absolute atomic E-state index is 12.8. The molecule has 3 aromatic carbocycles. The summed E-state index contributed by atoms with van der Waals surface area (Å²) in [4.78, 5) is 5.55. The number of rotatable bonds is 8. The Morgan fingerprint density at radius 3 is 2.23 bits per heavy atom. The molecule has 4 nitrogen and oxygen atoms in total. The van der Waals surface area contributed by atoms with E-state index in [2.05, 4.69) is 77.5 Å². The predicted octanol–water partition coefficient (Wildman–Crippen LogP) is 5.11. The maximum atomic E-state index is 12.8. The van der Waals surface area contributed by atoms with Crippen molar-refractivity contribution in [3.8, 4) is 0 Å². The molecular formula is C30H36N2O2S. The van der Waals surface area contributed by atoms with Crippen molar-refractivity contribution in [3.63, 3.8) is 0 Å². The van der Waals surface area contributed by atoms with Gasteiger partial charge in [0, 0.05) is 18.5 Å². The van der Waals surface area contributed by atoms with Crippen molar-refractivity contribution in [2.45, 2.75) is 42.0 Å². The highest BCUT2D eigenvalue weighted by Gasteiger charge is 2.48. The van der Waals surface area contributed by atoms with E-state index < -0.39 is 9.84 Å². The summed E-state index contributed by atoms with van der Waals surface area (Å²) in [5.41, 5.74) is 3.61. The highest BCUT2D eigenvalue weighted by atomic mass is 32.2. The number of piperidine rings is 1. The van der Waals surface area contributed by atoms with Crippen molar-refractivity contribution in [1.82, 2.24) is 9.80 Å². The Kier molecular flexibility index (Phi) is 7.10. The fraction of sp³-hybridized carbons (Fsp3) is 0.400. The van der Waals surface area contributed by atoms with Crippen LogP contribution in [-0.2, 0) is 21.8 Å². The zero-order valence-corrected chi connectivity index (χ0v) is 21.5. The molecule has 0 radical (unpaired) electrons. The molecule has 0 amide bonds. The van der Waals surface area contributed by atoms with Gasteiger partial charge < -0.3 is 9.80 Å². The van der Waals surface area contributed by atoms with Crippen molar-refractivity contribution < 1.29 is 8.42 Å². The predicted molar refractivity (Wildman–Crippen MR) is 142 cm³/mol. The quantitative estimate of drug-likeness (QED) is 0.442. The minimum Gasteiger partial charge on any atom is -0.303 e. The third-order valence-electron chi connectivity index (χ3n) is 7.97. The van der Waals surface area contributed by atoms with E-state index in [1.807, 2.05) is 18.2 Å². The van der Waals surface area contributed by atoms with Crippen molar-refractivity contribution in [3.05, 3.63) is 102 Å². The van der Waals surface area contributed by atoms with Crippen molar-refractivity contribution >= 4 is 9.84 Å². The normalized spacial score (nSPS) is 19.6. The first-order chi connectivity index (χ1) is 17.0. The number of fused-ring (bicyclic) bond motifs is 2. The summed E-state index contributed by atoms with van der Waals surface area (Å²) < 4.78 is 25.6. The van der Waals surface area contributed by atoms with E-state index >= 15 is 0 Å². The van der Waals surface area contributed by atoms with Gasteiger partial charge in [-0.1, -0.05) is 78.9 Å². The molecule has 5 rings (SSSR count). The molecule has 1 saturated heterocycles. The SMILES string of the molecule is CN(Cc1ccccc1)CC(CCN1CCC2(CC1)CS(=O)(=O)c1ccccc12)c1ccccc1. The molecule has 3 aromatic rings. The number of sulfone groups is 1. The van der Waals surface area contributed by atoms with Gasteiger partial charge in [0.05, 0.1) is 10.6 Å². The van der Waals surface area contributed by atoms with E-state index in [9.17, 15) is 8.42 Å². The van der Waals surface area contributed by atoms with Crippen LogP contribution in [0.25, 0.3) is 0 Å². The number of hydrogen-bond donors (Lipinski definition) is 0. The molecule has 1 atom stereocenters. The van der Waals surface area contributed by atoms with Gasteiger partial charge in [-0.3, -0.25) is 0 Å². The van der Waals surface area contributed by atoms with Crippen LogP contribution in [0.15, 0.2) is 89.8 Å². The van der Waals surface area contributed by atoms with E-state index in [-0.39, 0.29) is 11.2 Å². The Labute approximate surface area is 210 Å². The summed E-state index contributed by atoms with van der Waals surface area (Å²) in [6.45, 7) is 4.94. The molecule has 0 bridgehead atoms. The highest BCUT2D eigenvalue weighted by molar-refractivity contribution is 7.91. The van der Waals surface area contributed by atoms with E-state index in [0.717, 1.165) is 57.5 Å². The van der Waals surface area contributed by atoms with Gasteiger partial charge in [-0.2, -0.15) is 0 Å². The smallest absolute Gasteiger partial charge is 0.179 e. The summed E-state index contributed by atoms with van der Waals surface area (Å²) in [7, 11) is -0.942. The Bertz CT molecular complexity index is 1220. The summed E-state index contributed by atoms with van der Waals surface area (Å²) >= 11 is 0. The van der Waals surface area contributed by atoms with Crippen LogP contribution in [0.1, 0.15) is 41.9 Å². The molecule has 1 unspecified atom stereocenters. The molecule has 35 heavy (non-hydrogen) atoms. The number of nitrogens with zero attached hydrogens (tertiary/aromatic N) is 2. The highest BCUT2D eigenvalue weighted by Crippen LogP contribution is 2.46. The lowest BCUT2D eigenvalue weighted by molar-refractivity contribution is 0.163. The van der Waals surface area contributed by atoms with Gasteiger partial charge in [0.1, 0.15) is 0 Å². The Morgan fingerprint density at radius 2 is 1.51 bits per heavy atom. The molecule has 184 valence electrons. The van der Waals surface area contributed by atoms with Crippen LogP contribution in [0, 0.1) is 0 Å². The van der Waals surface area contributed by atoms with E-state index in [0.29, 0.717) is 10.8 Å².